The van der Waals surface area contributed by atoms with Gasteiger partial charge in [-0.15, -0.1) is 5.10 Å². The molecule has 0 bridgehead atoms. The van der Waals surface area contributed by atoms with Crippen LogP contribution in [0.2, 0.25) is 18.6 Å². The van der Waals surface area contributed by atoms with Crippen LogP contribution in [0, 0.1) is 5.92 Å². The zero-order chi connectivity index (χ0) is 38.0. The number of hydrogen-bond donors (Lipinski definition) is 1. The molecular weight excluding hydrogens is 699 g/mol. The minimum atomic E-state index is -2.37. The number of aryl methyl sites for hydroxylation is 1. The molecule has 12 heteroatoms. The summed E-state index contributed by atoms with van der Waals surface area (Å²) in [6, 6.07) is 31.3. The minimum absolute atomic E-state index is 0.00232. The van der Waals surface area contributed by atoms with Gasteiger partial charge < -0.3 is 24.2 Å². The van der Waals surface area contributed by atoms with Gasteiger partial charge in [-0.2, -0.15) is 0 Å². The van der Waals surface area contributed by atoms with Crippen LogP contribution >= 0.6 is 0 Å². The Labute approximate surface area is 317 Å². The molecule has 0 unspecified atom stereocenters. The number of aliphatic hydroxyl groups is 1. The Balaban J connectivity index is 1.28. The quantitative estimate of drug-likeness (QED) is 0.109. The number of carbonyl (C=O) groups is 2. The second kappa shape index (κ2) is 15.2. The average molecular weight is 746 g/mol. The van der Waals surface area contributed by atoms with Gasteiger partial charge in [0, 0.05) is 48.6 Å². The van der Waals surface area contributed by atoms with Crippen LogP contribution in [0.15, 0.2) is 103 Å². The van der Waals surface area contributed by atoms with Crippen molar-refractivity contribution in [2.75, 3.05) is 30.6 Å². The number of amides is 2. The standard InChI is InChI=1S/C42H47N5O6Si/c1-29-40(54(4,5)36-17-14-34(51-2)15-18-36)39(20-22-45-27-31(21-23-48)43-44-45)53-42(29)37-25-35(52-3)16-19-38(37)46(41(42)50)26-30-10-9-13-33(24-30)47(28-49)32-11-7-6-8-12-32/h6-19,24-25,27-29,39-40,48H,20-23,26H2,1-5H3/t29-,39+,40-,42+/m0/s1. The Bertz CT molecular complexity index is 2110. The molecule has 1 saturated heterocycles. The van der Waals surface area contributed by atoms with Crippen LogP contribution in [-0.2, 0) is 39.4 Å². The second-order valence-electron chi connectivity index (χ2n) is 14.6. The number of aliphatic hydroxyl groups excluding tert-OH is 1. The van der Waals surface area contributed by atoms with E-state index in [0.29, 0.717) is 30.8 Å². The number of ether oxygens (including phenoxy) is 3. The SMILES string of the molecule is COc1ccc([Si](C)(C)[C@@H]2[C@@H](CCn3cc(CCO)nn3)O[C@]3(C(=O)N(Cc4cccc(N(C=O)c5ccccc5)c4)c4ccc(OC)cc43)[C@H]2C)cc1. The van der Waals surface area contributed by atoms with Crippen molar-refractivity contribution in [1.29, 1.82) is 0 Å². The Morgan fingerprint density at radius 3 is 2.37 bits per heavy atom. The van der Waals surface area contributed by atoms with Crippen molar-refractivity contribution in [3.05, 3.63) is 120 Å². The molecule has 54 heavy (non-hydrogen) atoms. The molecule has 11 nitrogen and oxygen atoms in total. The third kappa shape index (κ3) is 6.58. The zero-order valence-corrected chi connectivity index (χ0v) is 32.4. The topological polar surface area (TPSA) is 119 Å². The van der Waals surface area contributed by atoms with Crippen LogP contribution in [0.1, 0.15) is 30.2 Å². The minimum Gasteiger partial charge on any atom is -0.497 e. The van der Waals surface area contributed by atoms with E-state index >= 15 is 4.79 Å². The maximum Gasteiger partial charge on any atom is 0.264 e. The molecule has 4 atom stereocenters. The molecule has 3 heterocycles. The van der Waals surface area contributed by atoms with E-state index in [-0.39, 0.29) is 36.6 Å². The summed E-state index contributed by atoms with van der Waals surface area (Å²) < 4.78 is 20.3. The lowest BCUT2D eigenvalue weighted by molar-refractivity contribution is -0.146. The van der Waals surface area contributed by atoms with Crippen molar-refractivity contribution in [3.8, 4) is 11.5 Å². The first-order chi connectivity index (χ1) is 26.1. The summed E-state index contributed by atoms with van der Waals surface area (Å²) in [7, 11) is 0.928. The van der Waals surface area contributed by atoms with Crippen LogP contribution in [0.4, 0.5) is 17.1 Å². The summed E-state index contributed by atoms with van der Waals surface area (Å²) in [6.45, 7) is 7.72. The van der Waals surface area contributed by atoms with Crippen molar-refractivity contribution < 1.29 is 28.9 Å². The molecule has 0 radical (unpaired) electrons. The van der Waals surface area contributed by atoms with Crippen LogP contribution in [0.5, 0.6) is 11.5 Å². The third-order valence-corrected chi connectivity index (χ3v) is 15.7. The summed E-state index contributed by atoms with van der Waals surface area (Å²) in [5, 5.41) is 19.2. The first kappa shape index (κ1) is 37.0. The zero-order valence-electron chi connectivity index (χ0n) is 31.4. The molecule has 2 amide bonds. The Morgan fingerprint density at radius 1 is 0.944 bits per heavy atom. The molecule has 0 saturated carbocycles. The van der Waals surface area contributed by atoms with Gasteiger partial charge >= 0.3 is 0 Å². The number of methoxy groups -OCH3 is 2. The first-order valence-electron chi connectivity index (χ1n) is 18.4. The normalized spacial score (nSPS) is 20.7. The Morgan fingerprint density at radius 2 is 1.67 bits per heavy atom. The Kier molecular flexibility index (Phi) is 10.4. The van der Waals surface area contributed by atoms with Gasteiger partial charge in [0.1, 0.15) is 11.5 Å². The number of carbonyl (C=O) groups excluding carboxylic acids is 2. The van der Waals surface area contributed by atoms with Crippen LogP contribution in [-0.4, -0.2) is 67.4 Å². The van der Waals surface area contributed by atoms with Gasteiger partial charge in [0.05, 0.1) is 46.3 Å². The number of rotatable bonds is 14. The molecule has 5 aromatic rings. The number of nitrogens with zero attached hydrogens (tertiary/aromatic N) is 5. The highest BCUT2D eigenvalue weighted by Gasteiger charge is 2.66. The maximum absolute atomic E-state index is 15.3. The Hall–Kier alpha value is -5.30. The van der Waals surface area contributed by atoms with E-state index in [1.165, 1.54) is 5.19 Å². The molecule has 280 valence electrons. The van der Waals surface area contributed by atoms with E-state index in [1.54, 1.807) is 23.8 Å². The lowest BCUT2D eigenvalue weighted by Gasteiger charge is -2.37. The van der Waals surface area contributed by atoms with Crippen molar-refractivity contribution >= 4 is 42.6 Å². The molecule has 1 aromatic heterocycles. The molecular formula is C42H47N5O6Si. The van der Waals surface area contributed by atoms with E-state index in [9.17, 15) is 9.90 Å². The van der Waals surface area contributed by atoms with Crippen molar-refractivity contribution in [3.63, 3.8) is 0 Å². The van der Waals surface area contributed by atoms with E-state index in [0.717, 1.165) is 40.4 Å². The predicted octanol–water partition coefficient (Wildman–Crippen LogP) is 5.98. The number of fused-ring (bicyclic) bond motifs is 2. The van der Waals surface area contributed by atoms with E-state index in [1.807, 2.05) is 96.0 Å². The lowest BCUT2D eigenvalue weighted by Crippen LogP contribution is -2.51. The highest BCUT2D eigenvalue weighted by atomic mass is 28.3. The molecule has 0 aliphatic carbocycles. The van der Waals surface area contributed by atoms with E-state index in [4.69, 9.17) is 14.2 Å². The summed E-state index contributed by atoms with van der Waals surface area (Å²) in [4.78, 5) is 31.1. The first-order valence-corrected chi connectivity index (χ1v) is 21.4. The van der Waals surface area contributed by atoms with Gasteiger partial charge in [-0.3, -0.25) is 19.2 Å². The lowest BCUT2D eigenvalue weighted by atomic mass is 9.82. The van der Waals surface area contributed by atoms with E-state index < -0.39 is 13.7 Å². The fraction of sp³-hybridized carbons (Fsp3) is 0.333. The molecule has 1 fully saturated rings. The van der Waals surface area contributed by atoms with Gasteiger partial charge in [0.15, 0.2) is 5.60 Å². The van der Waals surface area contributed by atoms with Gasteiger partial charge in [0.2, 0.25) is 6.41 Å². The average Bonchev–Trinajstić information content (AvgIpc) is 3.84. The number of hydrogen-bond acceptors (Lipinski definition) is 8. The van der Waals surface area contributed by atoms with Gasteiger partial charge in [-0.1, -0.05) is 72.9 Å². The van der Waals surface area contributed by atoms with Crippen LogP contribution in [0.25, 0.3) is 0 Å². The van der Waals surface area contributed by atoms with Crippen molar-refractivity contribution in [2.45, 2.75) is 63.2 Å². The summed E-state index contributed by atoms with van der Waals surface area (Å²) >= 11 is 0. The summed E-state index contributed by atoms with van der Waals surface area (Å²) in [5.41, 5.74) is 3.40. The number of aromatic nitrogens is 3. The summed E-state index contributed by atoms with van der Waals surface area (Å²) in [6.07, 6.45) is 3.44. The molecule has 2 aliphatic heterocycles. The monoisotopic (exact) mass is 745 g/mol. The smallest absolute Gasteiger partial charge is 0.264 e. The van der Waals surface area contributed by atoms with Gasteiger partial charge in [-0.25, -0.2) is 0 Å². The number of para-hydroxylation sites is 1. The third-order valence-electron chi connectivity index (χ3n) is 11.3. The van der Waals surface area contributed by atoms with Gasteiger partial charge in [0.25, 0.3) is 5.91 Å². The highest BCUT2D eigenvalue weighted by molar-refractivity contribution is 6.91. The second-order valence-corrected chi connectivity index (χ2v) is 19.3. The van der Waals surface area contributed by atoms with Crippen molar-refractivity contribution in [1.82, 2.24) is 15.0 Å². The largest absolute Gasteiger partial charge is 0.497 e. The number of benzene rings is 4. The van der Waals surface area contributed by atoms with Crippen LogP contribution < -0.4 is 24.5 Å². The van der Waals surface area contributed by atoms with Crippen LogP contribution in [0.3, 0.4) is 0 Å². The molecule has 1 spiro atoms. The van der Waals surface area contributed by atoms with E-state index in [2.05, 4.69) is 42.5 Å². The molecule has 1 N–H and O–H groups in total. The predicted molar refractivity (Wildman–Crippen MR) is 210 cm³/mol. The fourth-order valence-corrected chi connectivity index (χ4v) is 12.7. The summed E-state index contributed by atoms with van der Waals surface area (Å²) in [5.74, 6) is 1.13. The molecule has 2 aliphatic rings. The maximum atomic E-state index is 15.3. The van der Waals surface area contributed by atoms with Gasteiger partial charge in [-0.05, 0) is 72.1 Å². The highest BCUT2D eigenvalue weighted by Crippen LogP contribution is 2.60. The molecule has 7 rings (SSSR count). The number of anilines is 3. The van der Waals surface area contributed by atoms with Crippen molar-refractivity contribution in [2.24, 2.45) is 5.92 Å². The fourth-order valence-electron chi connectivity index (χ4n) is 8.63. The molecule has 4 aromatic carbocycles.